The van der Waals surface area contributed by atoms with E-state index in [-0.39, 0.29) is 37.2 Å². The number of carbonyl (C=O) groups is 2. The molecule has 0 heterocycles. The van der Waals surface area contributed by atoms with Crippen LogP contribution in [0.3, 0.4) is 0 Å². The molecule has 1 atom stereocenters. The van der Waals surface area contributed by atoms with E-state index in [0.29, 0.717) is 31.0 Å². The normalized spacial score (nSPS) is 12.2. The fourth-order valence-corrected chi connectivity index (χ4v) is 4.93. The highest BCUT2D eigenvalue weighted by Gasteiger charge is 2.26. The summed E-state index contributed by atoms with van der Waals surface area (Å²) in [6, 6.07) is 13.7. The van der Waals surface area contributed by atoms with Crippen LogP contribution < -0.4 is 14.4 Å². The maximum absolute atomic E-state index is 13.3. The van der Waals surface area contributed by atoms with E-state index in [1.54, 1.807) is 36.1 Å². The fraction of sp³-hybridized carbons (Fsp3) is 0.481. The Labute approximate surface area is 229 Å². The van der Waals surface area contributed by atoms with Gasteiger partial charge >= 0.3 is 0 Å². The minimum absolute atomic E-state index is 0.0986. The second-order valence-corrected chi connectivity index (χ2v) is 12.2. The molecule has 2 aromatic carbocycles. The van der Waals surface area contributed by atoms with Crippen LogP contribution in [0, 0.1) is 5.92 Å². The monoisotopic (exact) mass is 595 g/mol. The van der Waals surface area contributed by atoms with E-state index in [9.17, 15) is 18.0 Å². The first-order valence-corrected chi connectivity index (χ1v) is 15.1. The molecule has 0 saturated carbocycles. The number of rotatable bonds is 14. The lowest BCUT2D eigenvalue weighted by Gasteiger charge is -2.29. The van der Waals surface area contributed by atoms with Gasteiger partial charge in [0.15, 0.2) is 0 Å². The summed E-state index contributed by atoms with van der Waals surface area (Å²) in [5.74, 6) is 0.515. The van der Waals surface area contributed by atoms with Crippen LogP contribution in [-0.4, -0.2) is 57.1 Å². The summed E-state index contributed by atoms with van der Waals surface area (Å²) in [6.45, 7) is 9.06. The lowest BCUT2D eigenvalue weighted by Crippen LogP contribution is -2.48. The van der Waals surface area contributed by atoms with Gasteiger partial charge < -0.3 is 15.0 Å². The lowest BCUT2D eigenvalue weighted by atomic mass is 10.1. The molecule has 0 bridgehead atoms. The number of nitrogens with zero attached hydrogens (tertiary/aromatic N) is 2. The van der Waals surface area contributed by atoms with Crippen molar-refractivity contribution >= 4 is 43.5 Å². The van der Waals surface area contributed by atoms with Crippen molar-refractivity contribution in [2.24, 2.45) is 5.92 Å². The van der Waals surface area contributed by atoms with Crippen LogP contribution in [0.1, 0.15) is 46.1 Å². The van der Waals surface area contributed by atoms with Crippen LogP contribution in [0.15, 0.2) is 53.0 Å². The number of anilines is 1. The number of nitrogens with one attached hydrogen (secondary N) is 1. The van der Waals surface area contributed by atoms with Crippen LogP contribution in [0.4, 0.5) is 5.69 Å². The summed E-state index contributed by atoms with van der Waals surface area (Å²) in [5.41, 5.74) is 1.40. The number of hydrogen-bond acceptors (Lipinski definition) is 5. The second-order valence-electron chi connectivity index (χ2n) is 9.33. The molecule has 0 saturated heterocycles. The summed E-state index contributed by atoms with van der Waals surface area (Å²) < 4.78 is 32.6. The fourth-order valence-electron chi connectivity index (χ4n) is 3.70. The average molecular weight is 597 g/mol. The van der Waals surface area contributed by atoms with Gasteiger partial charge in [0.2, 0.25) is 21.8 Å². The minimum atomic E-state index is -3.56. The summed E-state index contributed by atoms with van der Waals surface area (Å²) >= 11 is 3.42. The molecule has 1 N–H and O–H groups in total. The van der Waals surface area contributed by atoms with E-state index in [1.165, 1.54) is 4.31 Å². The molecule has 8 nitrogen and oxygen atoms in total. The van der Waals surface area contributed by atoms with Crippen LogP contribution >= 0.6 is 15.9 Å². The number of carbonyl (C=O) groups excluding carboxylic acids is 2. The first kappa shape index (κ1) is 30.6. The predicted octanol–water partition coefficient (Wildman–Crippen LogP) is 4.58. The van der Waals surface area contributed by atoms with Crippen molar-refractivity contribution in [1.82, 2.24) is 10.2 Å². The van der Waals surface area contributed by atoms with E-state index >= 15 is 0 Å². The molecule has 2 amide bonds. The molecule has 0 spiro atoms. The Kier molecular flexibility index (Phi) is 11.9. The van der Waals surface area contributed by atoms with Gasteiger partial charge in [-0.2, -0.15) is 0 Å². The molecule has 0 fully saturated rings. The smallest absolute Gasteiger partial charge is 0.242 e. The van der Waals surface area contributed by atoms with Crippen molar-refractivity contribution in [3.8, 4) is 5.75 Å². The summed E-state index contributed by atoms with van der Waals surface area (Å²) in [4.78, 5) is 27.7. The molecule has 2 aromatic rings. The maximum Gasteiger partial charge on any atom is 0.242 e. The summed E-state index contributed by atoms with van der Waals surface area (Å²) in [6.07, 6.45) is 1.55. The SMILES string of the molecule is CCOc1ccc(N(CCCC(=O)N(Cc2ccc(Br)cc2)C(C)C(=O)NCC(C)C)S(C)(=O)=O)cc1. The first-order valence-electron chi connectivity index (χ1n) is 12.4. The van der Waals surface area contributed by atoms with E-state index in [0.717, 1.165) is 16.3 Å². The second kappa shape index (κ2) is 14.4. The zero-order valence-corrected chi connectivity index (χ0v) is 24.6. The van der Waals surface area contributed by atoms with Gasteiger partial charge in [-0.05, 0) is 68.1 Å². The van der Waals surface area contributed by atoms with E-state index < -0.39 is 16.1 Å². The molecular formula is C27H38BrN3O5S. The van der Waals surface area contributed by atoms with Crippen LogP contribution in [0.5, 0.6) is 5.75 Å². The van der Waals surface area contributed by atoms with Crippen LogP contribution in [0.2, 0.25) is 0 Å². The predicted molar refractivity (Wildman–Crippen MR) is 151 cm³/mol. The molecule has 0 radical (unpaired) electrons. The zero-order valence-electron chi connectivity index (χ0n) is 22.2. The largest absolute Gasteiger partial charge is 0.494 e. The van der Waals surface area contributed by atoms with Crippen molar-refractivity contribution in [3.63, 3.8) is 0 Å². The van der Waals surface area contributed by atoms with Gasteiger partial charge in [-0.3, -0.25) is 13.9 Å². The molecule has 0 aromatic heterocycles. The quantitative estimate of drug-likeness (QED) is 0.345. The number of ether oxygens (including phenoxy) is 1. The Hall–Kier alpha value is -2.59. The van der Waals surface area contributed by atoms with Crippen molar-refractivity contribution in [2.75, 3.05) is 30.3 Å². The number of sulfonamides is 1. The third-order valence-corrected chi connectivity index (χ3v) is 7.43. The molecule has 37 heavy (non-hydrogen) atoms. The summed E-state index contributed by atoms with van der Waals surface area (Å²) in [5, 5.41) is 2.90. The Balaban J connectivity index is 2.14. The Bertz CT molecular complexity index is 1120. The van der Waals surface area contributed by atoms with Crippen molar-refractivity contribution in [2.45, 2.75) is 53.1 Å². The first-order chi connectivity index (χ1) is 17.4. The zero-order chi connectivity index (χ0) is 27.6. The Morgan fingerprint density at radius 2 is 1.65 bits per heavy atom. The van der Waals surface area contributed by atoms with E-state index in [4.69, 9.17) is 4.74 Å². The molecule has 1 unspecified atom stereocenters. The van der Waals surface area contributed by atoms with E-state index in [1.807, 2.05) is 45.0 Å². The average Bonchev–Trinajstić information content (AvgIpc) is 2.84. The third kappa shape index (κ3) is 10.0. The molecule has 204 valence electrons. The van der Waals surface area contributed by atoms with Crippen LogP contribution in [0.25, 0.3) is 0 Å². The molecule has 10 heteroatoms. The number of halogens is 1. The van der Waals surface area contributed by atoms with Gasteiger partial charge in [0, 0.05) is 30.5 Å². The Morgan fingerprint density at radius 3 is 2.19 bits per heavy atom. The third-order valence-electron chi connectivity index (χ3n) is 5.71. The highest BCUT2D eigenvalue weighted by molar-refractivity contribution is 9.10. The van der Waals surface area contributed by atoms with E-state index in [2.05, 4.69) is 21.2 Å². The maximum atomic E-state index is 13.3. The molecule has 0 aliphatic rings. The molecule has 0 aliphatic heterocycles. The van der Waals surface area contributed by atoms with Gasteiger partial charge in [-0.25, -0.2) is 8.42 Å². The molecule has 2 rings (SSSR count). The van der Waals surface area contributed by atoms with Gasteiger partial charge in [0.05, 0.1) is 18.6 Å². The van der Waals surface area contributed by atoms with Gasteiger partial charge in [0.25, 0.3) is 0 Å². The Morgan fingerprint density at radius 1 is 1.03 bits per heavy atom. The molecule has 0 aliphatic carbocycles. The number of amides is 2. The van der Waals surface area contributed by atoms with Gasteiger partial charge in [-0.15, -0.1) is 0 Å². The lowest BCUT2D eigenvalue weighted by molar-refractivity contribution is -0.140. The van der Waals surface area contributed by atoms with Crippen molar-refractivity contribution < 1.29 is 22.7 Å². The van der Waals surface area contributed by atoms with Gasteiger partial charge in [0.1, 0.15) is 11.8 Å². The molecular weight excluding hydrogens is 558 g/mol. The highest BCUT2D eigenvalue weighted by Crippen LogP contribution is 2.23. The van der Waals surface area contributed by atoms with Crippen LogP contribution in [-0.2, 0) is 26.2 Å². The topological polar surface area (TPSA) is 96.0 Å². The van der Waals surface area contributed by atoms with Gasteiger partial charge in [-0.1, -0.05) is 41.9 Å². The number of hydrogen-bond donors (Lipinski definition) is 1. The highest BCUT2D eigenvalue weighted by atomic mass is 79.9. The standard InChI is InChI=1S/C27H38BrN3O5S/c1-6-36-25-15-13-24(14-16-25)31(37(5,34)35)17-7-8-26(32)30(19-22-9-11-23(28)12-10-22)21(4)27(33)29-18-20(2)3/h9-16,20-21H,6-8,17-19H2,1-5H3,(H,29,33). The number of benzene rings is 2. The summed E-state index contributed by atoms with van der Waals surface area (Å²) in [7, 11) is -3.56. The van der Waals surface area contributed by atoms with Crippen molar-refractivity contribution in [3.05, 3.63) is 58.6 Å². The van der Waals surface area contributed by atoms with Crippen molar-refractivity contribution in [1.29, 1.82) is 0 Å². The minimum Gasteiger partial charge on any atom is -0.494 e.